The number of ketones is 2. The Labute approximate surface area is 884 Å². The van der Waals surface area contributed by atoms with Gasteiger partial charge in [0, 0.05) is 82.0 Å². The van der Waals surface area contributed by atoms with Gasteiger partial charge in [-0.25, -0.2) is 23.2 Å². The topological polar surface area (TPSA) is 448 Å². The molecule has 145 heavy (non-hydrogen) atoms. The minimum atomic E-state index is -1.40. The van der Waals surface area contributed by atoms with Gasteiger partial charge in [-0.1, -0.05) is 174 Å². The Balaban J connectivity index is 0.000000173. The number of carbonyl (C=O) groups excluding carboxylic acids is 5. The van der Waals surface area contributed by atoms with E-state index in [4.69, 9.17) is 119 Å². The number of fused-ring (bicyclic) bond motifs is 4. The zero-order valence-electron chi connectivity index (χ0n) is 80.1. The molecule has 9 aromatic carbocycles. The summed E-state index contributed by atoms with van der Waals surface area (Å²) in [6.07, 6.45) is 8.36. The molecule has 3 amide bonds. The smallest absolute Gasteiger partial charge is 0.480 e. The summed E-state index contributed by atoms with van der Waals surface area (Å²) in [5, 5.41) is 61.9. The van der Waals surface area contributed by atoms with Gasteiger partial charge in [0.15, 0.2) is 11.6 Å². The third kappa shape index (κ3) is 32.1. The van der Waals surface area contributed by atoms with Gasteiger partial charge in [-0.2, -0.15) is 0 Å². The third-order valence-electron chi connectivity index (χ3n) is 25.0. The Morgan fingerprint density at radius 2 is 0.814 bits per heavy atom. The van der Waals surface area contributed by atoms with Crippen LogP contribution < -0.4 is 27.1 Å². The summed E-state index contributed by atoms with van der Waals surface area (Å²) in [4.78, 5) is 132. The lowest BCUT2D eigenvalue weighted by atomic mass is 9.49. The summed E-state index contributed by atoms with van der Waals surface area (Å²) in [6.45, 7) is 18.8. The molecule has 17 rings (SSSR count). The van der Waals surface area contributed by atoms with Crippen LogP contribution in [0.1, 0.15) is 214 Å². The van der Waals surface area contributed by atoms with E-state index < -0.39 is 87.0 Å². The van der Waals surface area contributed by atoms with Crippen LogP contribution >= 0.6 is 101 Å². The Morgan fingerprint density at radius 3 is 1.19 bits per heavy atom. The first-order valence-electron chi connectivity index (χ1n) is 46.0. The molecule has 4 atom stereocenters. The molecule has 0 aromatic heterocycles. The molecule has 2 saturated heterocycles. The van der Waals surface area contributed by atoms with Crippen LogP contribution in [-0.4, -0.2) is 214 Å². The van der Waals surface area contributed by atoms with Crippen molar-refractivity contribution >= 4 is 218 Å². The highest BCUT2D eigenvalue weighted by molar-refractivity contribution is 9.10. The van der Waals surface area contributed by atoms with Crippen molar-refractivity contribution in [3.05, 3.63) is 280 Å². The molecule has 9 aromatic rings. The second-order valence-electron chi connectivity index (χ2n) is 36.8. The maximum Gasteiger partial charge on any atom is 0.488 e. The van der Waals surface area contributed by atoms with Crippen LogP contribution in [0.2, 0.25) is 30.1 Å². The summed E-state index contributed by atoms with van der Waals surface area (Å²) in [6, 6.07) is 44.1. The first-order valence-corrected chi connectivity index (χ1v) is 49.8. The van der Waals surface area contributed by atoms with E-state index in [2.05, 4.69) is 89.9 Å². The predicted octanol–water partition coefficient (Wildman–Crippen LogP) is 18.6. The van der Waals surface area contributed by atoms with Gasteiger partial charge in [-0.3, -0.25) is 58.7 Å². The molecule has 760 valence electrons. The molecule has 8 aliphatic rings. The summed E-state index contributed by atoms with van der Waals surface area (Å²) in [5.41, 5.74) is 20.8. The summed E-state index contributed by atoms with van der Waals surface area (Å²) in [5.74, 6) is -7.09. The average Bonchev–Trinajstić information content (AvgIpc) is 1.59. The van der Waals surface area contributed by atoms with E-state index in [1.165, 1.54) is 23.3 Å². The van der Waals surface area contributed by atoms with Gasteiger partial charge in [0.25, 0.3) is 17.7 Å². The normalized spacial score (nSPS) is 16.9. The lowest BCUT2D eigenvalue weighted by Gasteiger charge is -2.32. The van der Waals surface area contributed by atoms with Crippen molar-refractivity contribution in [2.75, 3.05) is 26.2 Å². The first kappa shape index (κ1) is 114. The second kappa shape index (κ2) is 51.6. The Morgan fingerprint density at radius 1 is 0.448 bits per heavy atom. The quantitative estimate of drug-likeness (QED) is 0.0225. The summed E-state index contributed by atoms with van der Waals surface area (Å²) in [7, 11) is -2.33. The Kier molecular flexibility index (Phi) is 40.7. The lowest BCUT2D eigenvalue weighted by molar-refractivity contribution is -0.140. The maximum absolute atomic E-state index is 13.4. The van der Waals surface area contributed by atoms with Crippen LogP contribution in [-0.2, 0) is 76.8 Å². The monoisotopic (exact) mass is 2220 g/mol. The number of halogens is 10. The molecule has 2 unspecified atom stereocenters. The zero-order valence-corrected chi connectivity index (χ0v) is 87.8. The summed E-state index contributed by atoms with van der Waals surface area (Å²) < 4.78 is 52.1. The number of rotatable bonds is 26. The number of carboxylic acids is 4. The fourth-order valence-electron chi connectivity index (χ4n) is 15.4. The van der Waals surface area contributed by atoms with E-state index in [-0.39, 0.29) is 133 Å². The van der Waals surface area contributed by atoms with Gasteiger partial charge >= 0.3 is 45.0 Å². The molecular weight excluding hydrogens is 2120 g/mol. The largest absolute Gasteiger partial charge is 0.488 e. The van der Waals surface area contributed by atoms with Crippen molar-refractivity contribution in [1.29, 1.82) is 0 Å². The van der Waals surface area contributed by atoms with E-state index in [0.29, 0.717) is 84.8 Å². The number of benzene rings is 9. The highest BCUT2D eigenvalue weighted by atomic mass is 79.9. The van der Waals surface area contributed by atoms with Crippen LogP contribution in [0, 0.1) is 0 Å². The molecule has 2 fully saturated rings. The highest BCUT2D eigenvalue weighted by Crippen LogP contribution is 2.44. The van der Waals surface area contributed by atoms with Crippen molar-refractivity contribution < 1.29 is 101 Å². The summed E-state index contributed by atoms with van der Waals surface area (Å²) >= 11 is 42.7. The van der Waals surface area contributed by atoms with Gasteiger partial charge in [0.2, 0.25) is 0 Å². The van der Waals surface area contributed by atoms with Gasteiger partial charge in [0.1, 0.15) is 24.4 Å². The fourth-order valence-corrected chi connectivity index (χ4v) is 18.5. The number of aromatic carboxylic acids is 2. The molecule has 8 heterocycles. The molecule has 42 heteroatoms. The van der Waals surface area contributed by atoms with Crippen molar-refractivity contribution in [3.8, 4) is 22.3 Å². The zero-order chi connectivity index (χ0) is 106. The maximum atomic E-state index is 13.4. The van der Waals surface area contributed by atoms with Gasteiger partial charge in [0.05, 0.1) is 122 Å². The number of hydrogen-bond acceptors (Lipinski definition) is 22. The fraction of sp³-hybridized carbons (Fsp3) is 0.330. The molecule has 29 nitrogen and oxygen atoms in total. The number of nitrogens with two attached hydrogens (primary N) is 1. The number of alkyl halides is 2. The molecule has 11 N–H and O–H groups in total. The van der Waals surface area contributed by atoms with Gasteiger partial charge in [-0.05, 0) is 262 Å². The van der Waals surface area contributed by atoms with Crippen LogP contribution in [0.25, 0.3) is 22.3 Å². The van der Waals surface area contributed by atoms with Crippen molar-refractivity contribution in [1.82, 2.24) is 16.0 Å². The van der Waals surface area contributed by atoms with E-state index >= 15 is 0 Å². The number of nitrogens with zero attached hydrogens (tertiary/aromatic N) is 6. The average molecular weight is 2230 g/mol. The molecule has 0 spiro atoms. The van der Waals surface area contributed by atoms with E-state index in [1.54, 1.807) is 85.2 Å². The van der Waals surface area contributed by atoms with Crippen LogP contribution in [0.4, 0.5) is 8.78 Å². The SMILES string of the molecule is Brc1ccc2c(c1)CN=C2.CC1(C)OB(B2OC(C)(C)C(C)(C)O2)OC1(C)C.N[C@@H](CCC(=O)CNC(=O)c1cccc(CC2=NCC(F)CC2)c1)C(=O)O.O=C(CC[C@H](NC(=O)c1c(Cl)cc(-c2ccc3c(c2)CN=C3)cc1Cl)C(=O)O)CNC(=O)c1cccc(CC2=NCC(F)CC2)c1.O=C(O)c1c(Cl)cc(-c2ccc3c(c2)CN=C3)cc1Cl.O=C(O)c1c(Cl)cc(Br)cc1Cl.OB(O)c1ccc2c(c1)CN=C2. The molecular formula is C103H105B3Br2Cl6F2N10O19. The Hall–Kier alpha value is -10.9. The van der Waals surface area contributed by atoms with Gasteiger partial charge < -0.3 is 70.8 Å². The molecule has 0 radical (unpaired) electrons. The number of aliphatic carboxylic acids is 2. The number of amides is 3. The highest BCUT2D eigenvalue weighted by Gasteiger charge is 2.64. The van der Waals surface area contributed by atoms with Crippen LogP contribution in [0.15, 0.2) is 197 Å². The second-order valence-corrected chi connectivity index (χ2v) is 41.1. The Bertz CT molecular complexity index is 6460. The number of carbonyl (C=O) groups is 9. The van der Waals surface area contributed by atoms with Crippen LogP contribution in [0.5, 0.6) is 0 Å². The van der Waals surface area contributed by atoms with Crippen molar-refractivity contribution in [2.45, 2.75) is 193 Å². The number of hydrogen-bond donors (Lipinski definition) is 10. The standard InChI is InChI=1S/C34H31Cl2FN4O5.C19H24FN3O4.C15H9Cl2NO2.C12H24B2O4.C8H8BNO2.C8H6BrN.C7H3BrCl2O2/c35-28-13-23(20-4-5-22-15-38-16-24(22)12-20)14-29(36)31(28)33(44)41-30(34(45)46)9-8-27(42)18-40-32(43)21-3-1-2-19(10-21)11-26-7-6-25(37)17-39-26;20-14-4-5-15(22-10-14)9-12-2-1-3-13(8-12)18(25)23-11-16(24)6-7-17(21)19(26)27;16-12-4-10(5-13(17)14(12)15(19)20)8-1-2-9-6-18-7-11(9)3-8;1-9(2)10(3,4)16-13(15-9)14-17-11(5,6)12(7,8)18-14;11-9(12)8-2-1-6-4-10-5-7(6)3-8;9-8-2-1-6-4-10-5-7(6)3-8;8-3-1-4(9)6(7(11)12)5(10)2-3/h1-5,10,12-15,25,30H,6-9,11,16-18H2,(H,40,43)(H,41,44)(H,45,46);1-3,8,14,17H,4-7,9-11,21H2,(H,23,25)(H,26,27);1-6H,7H2,(H,19,20);1-8H3;1-4,11-12H,5H2;1-4H,5H2;1-2H,(H,11,12)/t25?,30-;14?,17-;;;;;/m00...../s1. The number of aliphatic imine (C=N–C) groups is 6. The predicted molar refractivity (Wildman–Crippen MR) is 570 cm³/mol. The first-order chi connectivity index (χ1) is 68.5. The number of nitrogens with one attached hydrogen (secondary N) is 3. The number of carboxylic acid groups (broad SMARTS) is 4. The molecule has 0 bridgehead atoms. The van der Waals surface area contributed by atoms with Gasteiger partial charge in [-0.15, -0.1) is 0 Å². The van der Waals surface area contributed by atoms with E-state index in [1.807, 2.05) is 128 Å². The minimum absolute atomic E-state index is 0.0107. The molecule has 0 aliphatic carbocycles. The van der Waals surface area contributed by atoms with Crippen molar-refractivity contribution in [3.63, 3.8) is 0 Å². The molecule has 8 aliphatic heterocycles. The lowest BCUT2D eigenvalue weighted by Crippen LogP contribution is -2.41. The van der Waals surface area contributed by atoms with Crippen molar-refractivity contribution in [2.24, 2.45) is 35.7 Å². The van der Waals surface area contributed by atoms with Crippen LogP contribution in [0.3, 0.4) is 0 Å². The third-order valence-corrected chi connectivity index (χ3v) is 27.7. The number of Topliss-reactive ketones (excluding diaryl/α,β-unsaturated/α-hetero) is 2. The van der Waals surface area contributed by atoms with E-state index in [0.717, 1.165) is 83.6 Å². The van der Waals surface area contributed by atoms with E-state index in [9.17, 15) is 57.0 Å². The minimum Gasteiger partial charge on any atom is -0.480 e. The molecule has 0 saturated carbocycles.